The van der Waals surface area contributed by atoms with Crippen LogP contribution in [0.5, 0.6) is 11.5 Å². The molecule has 1 aliphatic carbocycles. The topological polar surface area (TPSA) is 124 Å². The van der Waals surface area contributed by atoms with Crippen LogP contribution in [0.2, 0.25) is 0 Å². The molecule has 0 spiro atoms. The average Bonchev–Trinajstić information content (AvgIpc) is 3.73. The Balaban J connectivity index is 0.852. The quantitative estimate of drug-likeness (QED) is 0.0719. The van der Waals surface area contributed by atoms with Gasteiger partial charge in [0.05, 0.1) is 44.5 Å². The zero-order chi connectivity index (χ0) is 36.1. The van der Waals surface area contributed by atoms with E-state index in [4.69, 9.17) is 9.47 Å². The van der Waals surface area contributed by atoms with Crippen molar-refractivity contribution in [1.29, 1.82) is 0 Å². The fraction of sp³-hybridized carbons (Fsp3) is 0.512. The Kier molecular flexibility index (Phi) is 11.3. The summed E-state index contributed by atoms with van der Waals surface area (Å²) < 4.78 is 14.0. The maximum absolute atomic E-state index is 12.0. The van der Waals surface area contributed by atoms with E-state index in [9.17, 15) is 20.1 Å². The molecule has 3 saturated heterocycles. The molecule has 1 unspecified atom stereocenters. The normalized spacial score (nSPS) is 24.1. The molecule has 4 aliphatic rings. The van der Waals surface area contributed by atoms with Crippen LogP contribution in [-0.4, -0.2) is 82.9 Å². The second kappa shape index (κ2) is 16.1. The summed E-state index contributed by atoms with van der Waals surface area (Å²) in [6, 6.07) is 24.9. The van der Waals surface area contributed by atoms with Crippen molar-refractivity contribution in [2.45, 2.75) is 82.1 Å². The number of phenols is 1. The van der Waals surface area contributed by atoms with Gasteiger partial charge in [0.2, 0.25) is 5.56 Å². The van der Waals surface area contributed by atoms with Crippen LogP contribution in [0.1, 0.15) is 74.7 Å². The van der Waals surface area contributed by atoms with Gasteiger partial charge in [0, 0.05) is 49.2 Å². The van der Waals surface area contributed by atoms with E-state index in [0.29, 0.717) is 42.1 Å². The number of nitrogens with one attached hydrogen (secondary N) is 2. The largest absolute Gasteiger partial charge is 0.506 e. The van der Waals surface area contributed by atoms with E-state index in [0.717, 1.165) is 54.6 Å². The molecule has 3 aromatic carbocycles. The molecule has 52 heavy (non-hydrogen) atoms. The number of aliphatic hydroxyl groups excluding tert-OH is 1. The molecule has 9 nitrogen and oxygen atoms in total. The molecule has 4 atom stereocenters. The van der Waals surface area contributed by atoms with Crippen molar-refractivity contribution in [3.05, 3.63) is 106 Å². The monoisotopic (exact) mass is 710 g/mol. The number of aliphatic hydroxyl groups is 2. The lowest BCUT2D eigenvalue weighted by molar-refractivity contribution is -0.946. The number of aromatic amines is 1. The van der Waals surface area contributed by atoms with Gasteiger partial charge in [-0.2, -0.15) is 0 Å². The van der Waals surface area contributed by atoms with Gasteiger partial charge in [0.1, 0.15) is 29.7 Å². The highest BCUT2D eigenvalue weighted by atomic mass is 16.5. The Morgan fingerprint density at radius 2 is 1.71 bits per heavy atom. The van der Waals surface area contributed by atoms with Crippen LogP contribution < -0.4 is 15.6 Å². The number of aromatic nitrogens is 1. The third kappa shape index (κ3) is 8.24. The Hall–Kier alpha value is -3.73. The Labute approximate surface area is 307 Å². The summed E-state index contributed by atoms with van der Waals surface area (Å²) in [5, 5.41) is 37.2. The van der Waals surface area contributed by atoms with Crippen molar-refractivity contribution in [1.82, 2.24) is 10.3 Å². The number of nitrogens with zero attached hydrogens (tertiary/aromatic N) is 1. The zero-order valence-electron chi connectivity index (χ0n) is 30.5. The van der Waals surface area contributed by atoms with Crippen LogP contribution in [0.4, 0.5) is 0 Å². The fourth-order valence-electron chi connectivity index (χ4n) is 9.24. The van der Waals surface area contributed by atoms with Crippen molar-refractivity contribution in [2.75, 3.05) is 45.9 Å². The number of rotatable bonds is 16. The molecule has 8 rings (SSSR count). The molecule has 3 aliphatic heterocycles. The number of quaternary nitrogens is 1. The second-order valence-electron chi connectivity index (χ2n) is 15.8. The Bertz CT molecular complexity index is 1820. The van der Waals surface area contributed by atoms with Gasteiger partial charge in [-0.3, -0.25) is 4.79 Å². The summed E-state index contributed by atoms with van der Waals surface area (Å²) in [6.07, 6.45) is 8.10. The molecule has 4 fully saturated rings. The minimum absolute atomic E-state index is 0.0180. The summed E-state index contributed by atoms with van der Waals surface area (Å²) in [5.41, 5.74) is 1.96. The first-order chi connectivity index (χ1) is 25.2. The first kappa shape index (κ1) is 36.6. The third-order valence-electron chi connectivity index (χ3n) is 12.3. The van der Waals surface area contributed by atoms with Crippen LogP contribution in [-0.2, 0) is 16.8 Å². The Morgan fingerprint density at radius 3 is 2.46 bits per heavy atom. The van der Waals surface area contributed by atoms with Crippen molar-refractivity contribution >= 4 is 10.9 Å². The maximum atomic E-state index is 12.0. The first-order valence-corrected chi connectivity index (χ1v) is 19.4. The van der Waals surface area contributed by atoms with Crippen molar-refractivity contribution in [2.24, 2.45) is 11.8 Å². The van der Waals surface area contributed by atoms with Crippen LogP contribution in [0.15, 0.2) is 83.7 Å². The molecule has 1 saturated carbocycles. The number of aromatic hydroxyl groups is 1. The number of benzene rings is 3. The van der Waals surface area contributed by atoms with E-state index in [1.165, 1.54) is 56.5 Å². The highest BCUT2D eigenvalue weighted by molar-refractivity contribution is 5.87. The van der Waals surface area contributed by atoms with Gasteiger partial charge in [-0.1, -0.05) is 61.4 Å². The smallest absolute Gasteiger partial charge is 0.248 e. The molecule has 278 valence electrons. The van der Waals surface area contributed by atoms with Gasteiger partial charge >= 0.3 is 0 Å². The van der Waals surface area contributed by atoms with Crippen LogP contribution in [0.25, 0.3) is 10.9 Å². The highest BCUT2D eigenvalue weighted by Crippen LogP contribution is 2.43. The molecule has 9 heteroatoms. The molecular formula is C43H56N3O6+. The second-order valence-corrected chi connectivity index (χ2v) is 15.8. The van der Waals surface area contributed by atoms with Crippen LogP contribution in [0, 0.1) is 11.8 Å². The Morgan fingerprint density at radius 1 is 0.962 bits per heavy atom. The summed E-state index contributed by atoms with van der Waals surface area (Å²) in [7, 11) is 0. The number of pyridine rings is 1. The molecule has 1 aromatic heterocycles. The summed E-state index contributed by atoms with van der Waals surface area (Å²) >= 11 is 0. The number of ether oxygens (including phenoxy) is 2. The van der Waals surface area contributed by atoms with Gasteiger partial charge in [-0.25, -0.2) is 0 Å². The standard InChI is InChI=1S/C43H55N3O6/c1-30(44-27-39(48)36-16-18-38(47)42-37(36)17-19-41(49)45-42)26-31-12-14-35(15-13-31)51-25-7-22-46-23-20-32(21-24-46)40(28-46)52-29-43(50,34-10-5-6-11-34)33-8-3-2-4-9-33/h2-4,8-9,12-19,30,32,34,39-40,44,48,50H,5-7,10-11,20-29H2,1H3,(H-,45,47,49)/p+1/t30?,32?,39-,40-,43+,46?/m0/s1. The molecule has 0 amide bonds. The number of phenolic OH excluding ortho intramolecular Hbond substituents is 1. The summed E-state index contributed by atoms with van der Waals surface area (Å²) in [5.74, 6) is 1.71. The number of piperidine rings is 3. The van der Waals surface area contributed by atoms with E-state index in [2.05, 4.69) is 41.5 Å². The third-order valence-corrected chi connectivity index (χ3v) is 12.3. The lowest BCUT2D eigenvalue weighted by Crippen LogP contribution is -2.65. The summed E-state index contributed by atoms with van der Waals surface area (Å²) in [6.45, 7) is 8.04. The maximum Gasteiger partial charge on any atom is 0.248 e. The molecule has 4 aromatic rings. The minimum Gasteiger partial charge on any atom is -0.506 e. The fourth-order valence-corrected chi connectivity index (χ4v) is 9.24. The number of H-pyrrole nitrogens is 1. The lowest BCUT2D eigenvalue weighted by Gasteiger charge is -2.53. The molecule has 4 heterocycles. The minimum atomic E-state index is -0.913. The van der Waals surface area contributed by atoms with E-state index in [-0.39, 0.29) is 29.4 Å². The van der Waals surface area contributed by atoms with E-state index >= 15 is 0 Å². The predicted octanol–water partition coefficient (Wildman–Crippen LogP) is 5.96. The van der Waals surface area contributed by atoms with Gasteiger partial charge < -0.3 is 39.6 Å². The van der Waals surface area contributed by atoms with Gasteiger partial charge in [-0.05, 0) is 73.1 Å². The zero-order valence-corrected chi connectivity index (χ0v) is 30.5. The van der Waals surface area contributed by atoms with Crippen LogP contribution >= 0.6 is 0 Å². The van der Waals surface area contributed by atoms with Gasteiger partial charge in [0.15, 0.2) is 0 Å². The van der Waals surface area contributed by atoms with E-state index in [1.807, 2.05) is 30.3 Å². The summed E-state index contributed by atoms with van der Waals surface area (Å²) in [4.78, 5) is 14.4. The van der Waals surface area contributed by atoms with Crippen molar-refractivity contribution in [3.8, 4) is 11.5 Å². The lowest BCUT2D eigenvalue weighted by atomic mass is 9.80. The molecule has 2 bridgehead atoms. The molecular weight excluding hydrogens is 654 g/mol. The van der Waals surface area contributed by atoms with E-state index in [1.54, 1.807) is 12.1 Å². The number of hydrogen-bond acceptors (Lipinski definition) is 7. The molecule has 0 radical (unpaired) electrons. The predicted molar refractivity (Wildman–Crippen MR) is 203 cm³/mol. The van der Waals surface area contributed by atoms with Crippen molar-refractivity contribution < 1.29 is 29.3 Å². The van der Waals surface area contributed by atoms with Gasteiger partial charge in [-0.15, -0.1) is 0 Å². The SMILES string of the molecule is CC(Cc1ccc(OCCC[N+]23CCC(CC2)[C@@H](OC[C@@](O)(c2ccccc2)C2CCCC2)C3)cc1)NC[C@H](O)c1ccc(O)c2[nH]c(=O)ccc12. The van der Waals surface area contributed by atoms with Crippen LogP contribution in [0.3, 0.4) is 0 Å². The first-order valence-electron chi connectivity index (χ1n) is 19.4. The highest BCUT2D eigenvalue weighted by Gasteiger charge is 2.48. The average molecular weight is 711 g/mol. The number of hydrogen-bond donors (Lipinski definition) is 5. The van der Waals surface area contributed by atoms with E-state index < -0.39 is 11.7 Å². The number of fused-ring (bicyclic) bond motifs is 4. The van der Waals surface area contributed by atoms with Crippen molar-refractivity contribution in [3.63, 3.8) is 0 Å². The molecule has 5 N–H and O–H groups in total. The van der Waals surface area contributed by atoms with Gasteiger partial charge in [0.25, 0.3) is 0 Å².